The zero-order valence-corrected chi connectivity index (χ0v) is 20.6. The van der Waals surface area contributed by atoms with Gasteiger partial charge in [-0.25, -0.2) is 4.79 Å². The van der Waals surface area contributed by atoms with Crippen LogP contribution in [-0.2, 0) is 4.74 Å². The van der Waals surface area contributed by atoms with Crippen molar-refractivity contribution in [3.8, 4) is 0 Å². The van der Waals surface area contributed by atoms with Gasteiger partial charge in [0.05, 0.1) is 5.54 Å². The fourth-order valence-electron chi connectivity index (χ4n) is 2.72. The zero-order chi connectivity index (χ0) is 20.0. The van der Waals surface area contributed by atoms with E-state index in [-0.39, 0.29) is 24.0 Å². The highest BCUT2D eigenvalue weighted by Gasteiger charge is 2.30. The number of rotatable bonds is 8. The third-order valence-corrected chi connectivity index (χ3v) is 4.10. The summed E-state index contributed by atoms with van der Waals surface area (Å²) in [5.41, 5.74) is -0.965. The van der Waals surface area contributed by atoms with Gasteiger partial charge in [-0.2, -0.15) is 0 Å². The molecule has 1 rings (SSSR count). The molecule has 0 spiro atoms. The Morgan fingerprint density at radius 3 is 2.22 bits per heavy atom. The average molecular weight is 497 g/mol. The van der Waals surface area contributed by atoms with Crippen molar-refractivity contribution in [3.63, 3.8) is 0 Å². The molecule has 8 heteroatoms. The standard InChI is InChI=1S/C19H39N5O2.HI/c1-14(2)24(15-9-10-15)12-11-21-16(20-8)22-13-19(6,7)23-17(25)26-18(3,4)5;/h14-15H,9-13H2,1-8H3,(H,23,25)(H2,20,21,22);1H. The Labute approximate surface area is 182 Å². The molecular formula is C19H40IN5O2. The number of carbonyl (C=O) groups is 1. The van der Waals surface area contributed by atoms with E-state index in [0.29, 0.717) is 12.6 Å². The average Bonchev–Trinajstić information content (AvgIpc) is 3.27. The van der Waals surface area contributed by atoms with Crippen molar-refractivity contribution in [1.82, 2.24) is 20.9 Å². The van der Waals surface area contributed by atoms with Crippen molar-refractivity contribution in [3.05, 3.63) is 0 Å². The minimum atomic E-state index is -0.505. The molecule has 0 atom stereocenters. The quantitative estimate of drug-likeness (QED) is 0.273. The third-order valence-electron chi connectivity index (χ3n) is 4.10. The van der Waals surface area contributed by atoms with E-state index >= 15 is 0 Å². The number of hydrogen-bond acceptors (Lipinski definition) is 4. The molecule has 0 heterocycles. The van der Waals surface area contributed by atoms with E-state index in [2.05, 4.69) is 39.7 Å². The summed E-state index contributed by atoms with van der Waals surface area (Å²) in [6, 6.07) is 1.32. The van der Waals surface area contributed by atoms with E-state index in [0.717, 1.165) is 25.1 Å². The van der Waals surface area contributed by atoms with Crippen molar-refractivity contribution in [2.45, 2.75) is 84.5 Å². The molecule has 1 aliphatic carbocycles. The van der Waals surface area contributed by atoms with Crippen LogP contribution >= 0.6 is 24.0 Å². The highest BCUT2D eigenvalue weighted by Crippen LogP contribution is 2.27. The third kappa shape index (κ3) is 11.6. The van der Waals surface area contributed by atoms with E-state index in [1.807, 2.05) is 34.6 Å². The molecule has 0 aromatic carbocycles. The van der Waals surface area contributed by atoms with E-state index in [9.17, 15) is 4.79 Å². The summed E-state index contributed by atoms with van der Waals surface area (Å²) in [4.78, 5) is 18.8. The monoisotopic (exact) mass is 497 g/mol. The Balaban J connectivity index is 0.00000676. The first kappa shape index (κ1) is 26.2. The molecule has 0 aliphatic heterocycles. The van der Waals surface area contributed by atoms with Crippen molar-refractivity contribution >= 4 is 36.0 Å². The van der Waals surface area contributed by atoms with Crippen LogP contribution in [0.5, 0.6) is 0 Å². The second kappa shape index (κ2) is 11.3. The largest absolute Gasteiger partial charge is 0.444 e. The van der Waals surface area contributed by atoms with Gasteiger partial charge < -0.3 is 20.7 Å². The number of carbonyl (C=O) groups excluding carboxylic acids is 1. The minimum Gasteiger partial charge on any atom is -0.444 e. The number of amides is 1. The van der Waals surface area contributed by atoms with E-state index < -0.39 is 17.2 Å². The van der Waals surface area contributed by atoms with Gasteiger partial charge in [-0.05, 0) is 61.3 Å². The summed E-state index contributed by atoms with van der Waals surface area (Å²) in [7, 11) is 1.75. The maximum absolute atomic E-state index is 12.0. The molecule has 1 amide bonds. The molecule has 0 bridgehead atoms. The van der Waals surface area contributed by atoms with Gasteiger partial charge in [0.2, 0.25) is 0 Å². The Morgan fingerprint density at radius 2 is 1.78 bits per heavy atom. The van der Waals surface area contributed by atoms with Crippen LogP contribution in [-0.4, -0.2) is 66.9 Å². The summed E-state index contributed by atoms with van der Waals surface area (Å²) >= 11 is 0. The molecule has 1 fully saturated rings. The Morgan fingerprint density at radius 1 is 1.19 bits per heavy atom. The number of aliphatic imine (C=N–C) groups is 1. The zero-order valence-electron chi connectivity index (χ0n) is 18.3. The summed E-state index contributed by atoms with van der Waals surface area (Å²) in [5, 5.41) is 9.52. The first-order valence-corrected chi connectivity index (χ1v) is 9.65. The highest BCUT2D eigenvalue weighted by atomic mass is 127. The first-order chi connectivity index (χ1) is 11.9. The predicted molar refractivity (Wildman–Crippen MR) is 123 cm³/mol. The van der Waals surface area contributed by atoms with Crippen LogP contribution < -0.4 is 16.0 Å². The normalized spacial score (nSPS) is 15.4. The molecule has 7 nitrogen and oxygen atoms in total. The smallest absolute Gasteiger partial charge is 0.408 e. The molecule has 0 saturated heterocycles. The van der Waals surface area contributed by atoms with Gasteiger partial charge in [0.25, 0.3) is 0 Å². The molecule has 0 unspecified atom stereocenters. The number of nitrogens with one attached hydrogen (secondary N) is 3. The minimum absolute atomic E-state index is 0. The van der Waals surface area contributed by atoms with Gasteiger partial charge in [0, 0.05) is 38.8 Å². The van der Waals surface area contributed by atoms with Crippen molar-refractivity contribution in [2.75, 3.05) is 26.7 Å². The lowest BCUT2D eigenvalue weighted by atomic mass is 10.1. The van der Waals surface area contributed by atoms with Crippen LogP contribution in [0.25, 0.3) is 0 Å². The number of ether oxygens (including phenoxy) is 1. The Bertz CT molecular complexity index is 483. The van der Waals surface area contributed by atoms with Crippen LogP contribution in [0.2, 0.25) is 0 Å². The molecule has 3 N–H and O–H groups in total. The van der Waals surface area contributed by atoms with Gasteiger partial charge in [-0.1, -0.05) is 0 Å². The van der Waals surface area contributed by atoms with Crippen LogP contribution in [0.4, 0.5) is 4.79 Å². The molecule has 0 aromatic heterocycles. The fraction of sp³-hybridized carbons (Fsp3) is 0.895. The van der Waals surface area contributed by atoms with E-state index in [4.69, 9.17) is 4.74 Å². The fourth-order valence-corrected chi connectivity index (χ4v) is 2.72. The predicted octanol–water partition coefficient (Wildman–Crippen LogP) is 2.95. The number of halogens is 1. The van der Waals surface area contributed by atoms with Crippen LogP contribution in [0.3, 0.4) is 0 Å². The maximum Gasteiger partial charge on any atom is 0.408 e. The van der Waals surface area contributed by atoms with Crippen molar-refractivity contribution in [2.24, 2.45) is 4.99 Å². The van der Waals surface area contributed by atoms with Crippen LogP contribution in [0.15, 0.2) is 4.99 Å². The van der Waals surface area contributed by atoms with Gasteiger partial charge >= 0.3 is 6.09 Å². The van der Waals surface area contributed by atoms with E-state index in [1.54, 1.807) is 7.05 Å². The van der Waals surface area contributed by atoms with Crippen LogP contribution in [0, 0.1) is 0 Å². The second-order valence-corrected chi connectivity index (χ2v) is 8.93. The number of hydrogen-bond donors (Lipinski definition) is 3. The summed E-state index contributed by atoms with van der Waals surface area (Å²) in [6.45, 7) is 16.3. The van der Waals surface area contributed by atoms with Gasteiger partial charge in [0.1, 0.15) is 5.60 Å². The lowest BCUT2D eigenvalue weighted by Crippen LogP contribution is -2.54. The number of nitrogens with zero attached hydrogens (tertiary/aromatic N) is 2. The van der Waals surface area contributed by atoms with Crippen LogP contribution in [0.1, 0.15) is 61.3 Å². The Hall–Kier alpha value is -0.770. The lowest BCUT2D eigenvalue weighted by molar-refractivity contribution is 0.0474. The molecule has 1 aliphatic rings. The second-order valence-electron chi connectivity index (χ2n) is 8.93. The molecular weight excluding hydrogens is 457 g/mol. The molecule has 27 heavy (non-hydrogen) atoms. The van der Waals surface area contributed by atoms with Gasteiger partial charge in [-0.15, -0.1) is 24.0 Å². The first-order valence-electron chi connectivity index (χ1n) is 9.65. The molecule has 0 radical (unpaired) electrons. The van der Waals surface area contributed by atoms with Gasteiger partial charge in [0.15, 0.2) is 5.96 Å². The SMILES string of the molecule is CN=C(NCCN(C(C)C)C1CC1)NCC(C)(C)NC(=O)OC(C)(C)C.I. The lowest BCUT2D eigenvalue weighted by Gasteiger charge is -2.30. The molecule has 1 saturated carbocycles. The summed E-state index contributed by atoms with van der Waals surface area (Å²) < 4.78 is 5.32. The van der Waals surface area contributed by atoms with Crippen molar-refractivity contribution < 1.29 is 9.53 Å². The maximum atomic E-state index is 12.0. The Kier molecular flexibility index (Phi) is 11.0. The van der Waals surface area contributed by atoms with E-state index in [1.165, 1.54) is 12.8 Å². The van der Waals surface area contributed by atoms with Gasteiger partial charge in [-0.3, -0.25) is 9.89 Å². The number of guanidine groups is 1. The molecule has 160 valence electrons. The van der Waals surface area contributed by atoms with Crippen molar-refractivity contribution in [1.29, 1.82) is 0 Å². The summed E-state index contributed by atoms with van der Waals surface area (Å²) in [5.74, 6) is 0.739. The molecule has 0 aromatic rings. The highest BCUT2D eigenvalue weighted by molar-refractivity contribution is 14.0. The topological polar surface area (TPSA) is 78.0 Å². The summed E-state index contributed by atoms with van der Waals surface area (Å²) in [6.07, 6.45) is 2.22. The number of alkyl carbamates (subject to hydrolysis) is 1.